The maximum absolute atomic E-state index is 12.4. The summed E-state index contributed by atoms with van der Waals surface area (Å²) >= 11 is 0. The number of nitrogens with one attached hydrogen (secondary N) is 1. The Morgan fingerprint density at radius 3 is 2.50 bits per heavy atom. The van der Waals surface area contributed by atoms with Crippen molar-refractivity contribution in [3.63, 3.8) is 0 Å². The first-order valence-electron chi connectivity index (χ1n) is 8.32. The second-order valence-corrected chi connectivity index (χ2v) is 8.52. The van der Waals surface area contributed by atoms with E-state index in [9.17, 15) is 13.2 Å². The first kappa shape index (κ1) is 20.1. The van der Waals surface area contributed by atoms with Gasteiger partial charge in [-0.15, -0.1) is 0 Å². The van der Waals surface area contributed by atoms with Crippen molar-refractivity contribution in [2.75, 3.05) is 24.8 Å². The lowest BCUT2D eigenvalue weighted by atomic mass is 10.1. The van der Waals surface area contributed by atoms with Crippen molar-refractivity contribution in [1.29, 1.82) is 0 Å². The van der Waals surface area contributed by atoms with Crippen molar-refractivity contribution in [3.05, 3.63) is 41.6 Å². The molecule has 26 heavy (non-hydrogen) atoms. The van der Waals surface area contributed by atoms with Crippen LogP contribution in [-0.4, -0.2) is 38.8 Å². The van der Waals surface area contributed by atoms with Crippen molar-refractivity contribution in [2.45, 2.75) is 32.1 Å². The molecule has 1 heterocycles. The minimum Gasteiger partial charge on any atom is -0.435 e. The predicted molar refractivity (Wildman–Crippen MR) is 98.1 cm³/mol. The summed E-state index contributed by atoms with van der Waals surface area (Å²) in [5.41, 5.74) is 0.999. The number of benzene rings is 1. The van der Waals surface area contributed by atoms with E-state index < -0.39 is 15.7 Å². The summed E-state index contributed by atoms with van der Waals surface area (Å²) in [6, 6.07) is 5.99. The van der Waals surface area contributed by atoms with Gasteiger partial charge in [0.05, 0.1) is 22.9 Å². The summed E-state index contributed by atoms with van der Waals surface area (Å²) in [4.78, 5) is 16.8. The Morgan fingerprint density at radius 1 is 1.27 bits per heavy atom. The molecule has 0 spiro atoms. The molecular formula is C18H24N2O5S. The highest BCUT2D eigenvalue weighted by atomic mass is 32.2. The van der Waals surface area contributed by atoms with Crippen molar-refractivity contribution >= 4 is 21.4 Å². The number of methoxy groups -OCH3 is 1. The number of aryl methyl sites for hydroxylation is 1. The molecule has 142 valence electrons. The van der Waals surface area contributed by atoms with Crippen molar-refractivity contribution < 1.29 is 22.4 Å². The summed E-state index contributed by atoms with van der Waals surface area (Å²) in [7, 11) is -1.95. The number of oxazole rings is 1. The van der Waals surface area contributed by atoms with Crippen LogP contribution in [-0.2, 0) is 21.0 Å². The molecule has 1 aromatic heterocycles. The Hall–Kier alpha value is -2.19. The standard InChI is InChI=1S/C18H24N2O5S/c1-12(2)11-16-19-13(3)17(25-16)18(21)20-14-5-7-15(8-6-14)26(22,23)10-9-24-4/h5-8,12H,9-11H2,1-4H3,(H,20,21). The van der Waals surface area contributed by atoms with E-state index in [1.165, 1.54) is 31.4 Å². The quantitative estimate of drug-likeness (QED) is 0.756. The highest BCUT2D eigenvalue weighted by Crippen LogP contribution is 2.18. The van der Waals surface area contributed by atoms with Gasteiger partial charge in [-0.25, -0.2) is 13.4 Å². The van der Waals surface area contributed by atoms with E-state index >= 15 is 0 Å². The molecule has 1 aromatic carbocycles. The van der Waals surface area contributed by atoms with Gasteiger partial charge < -0.3 is 14.5 Å². The van der Waals surface area contributed by atoms with Gasteiger partial charge in [0.15, 0.2) is 15.7 Å². The zero-order valence-corrected chi connectivity index (χ0v) is 16.2. The number of sulfone groups is 1. The molecular weight excluding hydrogens is 356 g/mol. The number of hydrogen-bond acceptors (Lipinski definition) is 6. The minimum atomic E-state index is -3.40. The second kappa shape index (κ2) is 8.46. The SMILES string of the molecule is COCCS(=O)(=O)c1ccc(NC(=O)c2oc(CC(C)C)nc2C)cc1. The van der Waals surface area contributed by atoms with Gasteiger partial charge in [-0.1, -0.05) is 13.8 Å². The van der Waals surface area contributed by atoms with Crippen LogP contribution < -0.4 is 5.32 Å². The highest BCUT2D eigenvalue weighted by Gasteiger charge is 2.19. The van der Waals surface area contributed by atoms with Gasteiger partial charge >= 0.3 is 0 Å². The number of amides is 1. The second-order valence-electron chi connectivity index (χ2n) is 6.41. The average molecular weight is 380 g/mol. The number of nitrogens with zero attached hydrogens (tertiary/aromatic N) is 1. The van der Waals surface area contributed by atoms with Crippen LogP contribution in [0, 0.1) is 12.8 Å². The Balaban J connectivity index is 2.09. The molecule has 1 amide bonds. The van der Waals surface area contributed by atoms with Crippen LogP contribution >= 0.6 is 0 Å². The lowest BCUT2D eigenvalue weighted by molar-refractivity contribution is 0.0993. The van der Waals surface area contributed by atoms with Gasteiger partial charge in [-0.05, 0) is 37.1 Å². The predicted octanol–water partition coefficient (Wildman–Crippen LogP) is 2.85. The number of aromatic nitrogens is 1. The maximum atomic E-state index is 12.4. The van der Waals surface area contributed by atoms with Gasteiger partial charge in [0, 0.05) is 19.2 Å². The van der Waals surface area contributed by atoms with E-state index in [0.717, 1.165) is 0 Å². The molecule has 0 saturated carbocycles. The third-order valence-corrected chi connectivity index (χ3v) is 5.35. The molecule has 0 aliphatic rings. The van der Waals surface area contributed by atoms with Gasteiger partial charge in [0.25, 0.3) is 5.91 Å². The van der Waals surface area contributed by atoms with E-state index in [0.29, 0.717) is 29.6 Å². The summed E-state index contributed by atoms with van der Waals surface area (Å²) in [6.07, 6.45) is 0.655. The molecule has 2 aromatic rings. The van der Waals surface area contributed by atoms with Crippen molar-refractivity contribution in [1.82, 2.24) is 4.98 Å². The summed E-state index contributed by atoms with van der Waals surface area (Å²) in [6.45, 7) is 5.93. The molecule has 0 fully saturated rings. The fourth-order valence-electron chi connectivity index (χ4n) is 2.34. The molecule has 0 atom stereocenters. The minimum absolute atomic E-state index is 0.0922. The molecule has 0 radical (unpaired) electrons. The Morgan fingerprint density at radius 2 is 1.92 bits per heavy atom. The third kappa shape index (κ3) is 5.15. The number of ether oxygens (including phenoxy) is 1. The van der Waals surface area contributed by atoms with E-state index in [-0.39, 0.29) is 23.0 Å². The van der Waals surface area contributed by atoms with Gasteiger partial charge in [0.2, 0.25) is 5.76 Å². The number of carbonyl (C=O) groups excluding carboxylic acids is 1. The number of rotatable bonds is 8. The Labute approximate surface area is 153 Å². The lowest BCUT2D eigenvalue weighted by Crippen LogP contribution is -2.13. The molecule has 0 bridgehead atoms. The Bertz CT molecular complexity index is 854. The zero-order chi connectivity index (χ0) is 19.3. The highest BCUT2D eigenvalue weighted by molar-refractivity contribution is 7.91. The average Bonchev–Trinajstić information content (AvgIpc) is 2.93. The molecule has 0 aliphatic carbocycles. The van der Waals surface area contributed by atoms with Crippen LogP contribution in [0.15, 0.2) is 33.6 Å². The maximum Gasteiger partial charge on any atom is 0.293 e. The van der Waals surface area contributed by atoms with Crippen LogP contribution in [0.3, 0.4) is 0 Å². The fourth-order valence-corrected chi connectivity index (χ4v) is 3.52. The summed E-state index contributed by atoms with van der Waals surface area (Å²) in [5, 5.41) is 2.70. The molecule has 7 nitrogen and oxygen atoms in total. The first-order valence-corrected chi connectivity index (χ1v) is 9.97. The lowest BCUT2D eigenvalue weighted by Gasteiger charge is -2.07. The number of carbonyl (C=O) groups is 1. The number of anilines is 1. The fraction of sp³-hybridized carbons (Fsp3) is 0.444. The largest absolute Gasteiger partial charge is 0.435 e. The molecule has 8 heteroatoms. The van der Waals surface area contributed by atoms with Crippen molar-refractivity contribution in [2.24, 2.45) is 5.92 Å². The van der Waals surface area contributed by atoms with Crippen LogP contribution in [0.5, 0.6) is 0 Å². The van der Waals surface area contributed by atoms with Gasteiger partial charge in [0.1, 0.15) is 0 Å². The van der Waals surface area contributed by atoms with E-state index in [4.69, 9.17) is 9.15 Å². The summed E-state index contributed by atoms with van der Waals surface area (Å²) < 4.78 is 34.5. The van der Waals surface area contributed by atoms with E-state index in [1.54, 1.807) is 6.92 Å². The normalized spacial score (nSPS) is 11.7. The van der Waals surface area contributed by atoms with Crippen LogP contribution in [0.25, 0.3) is 0 Å². The smallest absolute Gasteiger partial charge is 0.293 e. The number of hydrogen-bond donors (Lipinski definition) is 1. The molecule has 0 unspecified atom stereocenters. The first-order chi connectivity index (χ1) is 12.2. The monoisotopic (exact) mass is 380 g/mol. The van der Waals surface area contributed by atoms with Crippen LogP contribution in [0.4, 0.5) is 5.69 Å². The van der Waals surface area contributed by atoms with E-state index in [1.807, 2.05) is 13.8 Å². The molecule has 0 saturated heterocycles. The van der Waals surface area contributed by atoms with Gasteiger partial charge in [-0.3, -0.25) is 4.79 Å². The Kier molecular flexibility index (Phi) is 6.55. The molecule has 0 aliphatic heterocycles. The third-order valence-electron chi connectivity index (χ3n) is 3.66. The zero-order valence-electron chi connectivity index (χ0n) is 15.4. The molecule has 1 N–H and O–H groups in total. The summed E-state index contributed by atoms with van der Waals surface area (Å²) in [5.74, 6) is 0.557. The molecule has 2 rings (SSSR count). The topological polar surface area (TPSA) is 98.5 Å². The van der Waals surface area contributed by atoms with Crippen LogP contribution in [0.1, 0.15) is 36.0 Å². The van der Waals surface area contributed by atoms with E-state index in [2.05, 4.69) is 10.3 Å². The van der Waals surface area contributed by atoms with Gasteiger partial charge in [-0.2, -0.15) is 0 Å². The van der Waals surface area contributed by atoms with Crippen LogP contribution in [0.2, 0.25) is 0 Å². The van der Waals surface area contributed by atoms with Crippen molar-refractivity contribution in [3.8, 4) is 0 Å².